The van der Waals surface area contributed by atoms with Gasteiger partial charge in [-0.15, -0.1) is 11.3 Å². The maximum Gasteiger partial charge on any atom is 0.166 e. The molecule has 156 valence electrons. The van der Waals surface area contributed by atoms with Crippen LogP contribution in [0.15, 0.2) is 36.0 Å². The predicted molar refractivity (Wildman–Crippen MR) is 119 cm³/mol. The Kier molecular flexibility index (Phi) is 5.69. The lowest BCUT2D eigenvalue weighted by atomic mass is 9.99. The summed E-state index contributed by atoms with van der Waals surface area (Å²) in [5, 5.41) is 4.37. The molecule has 6 nitrogen and oxygen atoms in total. The zero-order valence-corrected chi connectivity index (χ0v) is 17.8. The smallest absolute Gasteiger partial charge is 0.166 e. The minimum absolute atomic E-state index is 0.155. The van der Waals surface area contributed by atoms with Gasteiger partial charge in [-0.3, -0.25) is 0 Å². The summed E-state index contributed by atoms with van der Waals surface area (Å²) in [7, 11) is 0. The quantitative estimate of drug-likeness (QED) is 0.592. The molecule has 0 spiro atoms. The Hall–Kier alpha value is -2.97. The van der Waals surface area contributed by atoms with E-state index in [1.54, 1.807) is 23.6 Å². The molecule has 3 heterocycles. The summed E-state index contributed by atoms with van der Waals surface area (Å²) >= 11 is 1.63. The Morgan fingerprint density at radius 1 is 1.30 bits per heavy atom. The number of aromatic nitrogens is 2. The van der Waals surface area contributed by atoms with Crippen molar-refractivity contribution in [2.75, 3.05) is 18.8 Å². The van der Waals surface area contributed by atoms with Crippen molar-refractivity contribution in [3.05, 3.63) is 62.9 Å². The van der Waals surface area contributed by atoms with Crippen molar-refractivity contribution in [3.8, 4) is 17.0 Å². The second-order valence-electron chi connectivity index (χ2n) is 7.09. The number of nitrogen functional groups attached to an aromatic ring is 1. The van der Waals surface area contributed by atoms with E-state index in [1.807, 2.05) is 19.9 Å². The maximum atomic E-state index is 14.0. The molecule has 2 bridgehead atoms. The third kappa shape index (κ3) is 3.88. The van der Waals surface area contributed by atoms with E-state index in [0.29, 0.717) is 24.3 Å². The van der Waals surface area contributed by atoms with Crippen LogP contribution >= 0.6 is 11.3 Å². The number of nitrogens with two attached hydrogens (primary N) is 2. The third-order valence-corrected chi connectivity index (χ3v) is 5.98. The molecule has 0 saturated heterocycles. The molecule has 0 atom stereocenters. The van der Waals surface area contributed by atoms with Gasteiger partial charge in [0.15, 0.2) is 11.6 Å². The van der Waals surface area contributed by atoms with Gasteiger partial charge in [-0.25, -0.2) is 14.4 Å². The number of benzene rings is 1. The molecule has 1 aromatic carbocycles. The van der Waals surface area contributed by atoms with Crippen LogP contribution in [0.4, 0.5) is 10.2 Å². The van der Waals surface area contributed by atoms with Gasteiger partial charge in [0, 0.05) is 53.0 Å². The largest absolute Gasteiger partial charge is 0.485 e. The minimum Gasteiger partial charge on any atom is -0.485 e. The van der Waals surface area contributed by atoms with Gasteiger partial charge in [0.2, 0.25) is 0 Å². The van der Waals surface area contributed by atoms with Crippen LogP contribution in [-0.4, -0.2) is 23.1 Å². The Labute approximate surface area is 178 Å². The molecule has 0 amide bonds. The molecule has 0 saturated carbocycles. The van der Waals surface area contributed by atoms with E-state index in [0.717, 1.165) is 44.5 Å². The number of halogens is 1. The number of hydrogen-bond donors (Lipinski definition) is 3. The molecule has 0 aliphatic carbocycles. The van der Waals surface area contributed by atoms with E-state index in [1.165, 1.54) is 12.1 Å². The zero-order valence-electron chi connectivity index (χ0n) is 17.0. The molecular weight excluding hydrogens is 401 g/mol. The molecule has 4 rings (SSSR count). The highest BCUT2D eigenvalue weighted by Crippen LogP contribution is 2.35. The van der Waals surface area contributed by atoms with Crippen molar-refractivity contribution in [2.45, 2.75) is 26.9 Å². The van der Waals surface area contributed by atoms with Gasteiger partial charge in [0.25, 0.3) is 0 Å². The Balaban J connectivity index is 1.97. The summed E-state index contributed by atoms with van der Waals surface area (Å²) in [4.78, 5) is 10.1. The molecule has 0 fully saturated rings. The number of rotatable bonds is 3. The fourth-order valence-electron chi connectivity index (χ4n) is 3.64. The van der Waals surface area contributed by atoms with Gasteiger partial charge < -0.3 is 21.5 Å². The lowest BCUT2D eigenvalue weighted by Crippen LogP contribution is -2.19. The van der Waals surface area contributed by atoms with Gasteiger partial charge in [-0.05, 0) is 43.7 Å². The van der Waals surface area contributed by atoms with Crippen LogP contribution in [0.25, 0.3) is 17.0 Å². The zero-order chi connectivity index (χ0) is 21.3. The van der Waals surface area contributed by atoms with Crippen LogP contribution in [0.1, 0.15) is 27.9 Å². The van der Waals surface area contributed by atoms with Crippen LogP contribution in [0.5, 0.6) is 5.75 Å². The Bertz CT molecular complexity index is 1120. The lowest BCUT2D eigenvalue weighted by Gasteiger charge is -2.19. The predicted octanol–water partition coefficient (Wildman–Crippen LogP) is 3.65. The number of fused-ring (bicyclic) bond motifs is 5. The van der Waals surface area contributed by atoms with Crippen molar-refractivity contribution in [2.24, 2.45) is 5.73 Å². The molecule has 1 aliphatic heterocycles. The topological polar surface area (TPSA) is 99.1 Å². The van der Waals surface area contributed by atoms with Crippen LogP contribution in [0.3, 0.4) is 0 Å². The van der Waals surface area contributed by atoms with Gasteiger partial charge >= 0.3 is 0 Å². The Morgan fingerprint density at radius 2 is 2.13 bits per heavy atom. The van der Waals surface area contributed by atoms with E-state index in [4.69, 9.17) is 21.2 Å². The summed E-state index contributed by atoms with van der Waals surface area (Å²) in [6.07, 6.45) is 2.35. The second-order valence-corrected chi connectivity index (χ2v) is 8.38. The standard InChI is InChI=1S/C22H24FN5OS/c1-3-26-20-13(9-24)8-19-21(28-12(2)30-19)17-5-4-16(23)6-15(17)11-29-18-7-14(20)10-27-22(18)25/h4-7,10,26H,3,8-9,11,24H2,1-2H3,(H2,25,27)/b20-13-. The van der Waals surface area contributed by atoms with E-state index in [2.05, 4.69) is 10.3 Å². The number of anilines is 1. The highest BCUT2D eigenvalue weighted by Gasteiger charge is 2.20. The highest BCUT2D eigenvalue weighted by molar-refractivity contribution is 7.12. The lowest BCUT2D eigenvalue weighted by molar-refractivity contribution is 0.306. The summed E-state index contributed by atoms with van der Waals surface area (Å²) in [6, 6.07) is 6.54. The fourth-order valence-corrected chi connectivity index (χ4v) is 4.63. The average molecular weight is 426 g/mol. The SMILES string of the molecule is CCN/C1=C(\CN)Cc2sc(C)nc2-c2ccc(F)cc2COc2cc1cnc2N. The third-order valence-electron chi connectivity index (χ3n) is 5.01. The highest BCUT2D eigenvalue weighted by atomic mass is 32.1. The maximum absolute atomic E-state index is 14.0. The van der Waals surface area contributed by atoms with Gasteiger partial charge in [0.1, 0.15) is 12.4 Å². The van der Waals surface area contributed by atoms with Gasteiger partial charge in [-0.1, -0.05) is 0 Å². The summed E-state index contributed by atoms with van der Waals surface area (Å²) in [5.41, 5.74) is 17.4. The first-order chi connectivity index (χ1) is 14.5. The first-order valence-electron chi connectivity index (χ1n) is 9.79. The molecule has 8 heteroatoms. The van der Waals surface area contributed by atoms with E-state index in [9.17, 15) is 4.39 Å². The van der Waals surface area contributed by atoms with Crippen molar-refractivity contribution in [1.82, 2.24) is 15.3 Å². The van der Waals surface area contributed by atoms with Crippen molar-refractivity contribution in [3.63, 3.8) is 0 Å². The van der Waals surface area contributed by atoms with E-state index >= 15 is 0 Å². The molecule has 30 heavy (non-hydrogen) atoms. The molecular formula is C22H24FN5OS. The molecule has 0 unspecified atom stereocenters. The Morgan fingerprint density at radius 3 is 2.90 bits per heavy atom. The van der Waals surface area contributed by atoms with Crippen LogP contribution < -0.4 is 21.5 Å². The number of thiazole rings is 1. The molecule has 0 radical (unpaired) electrons. The van der Waals surface area contributed by atoms with Crippen LogP contribution in [0, 0.1) is 12.7 Å². The van der Waals surface area contributed by atoms with Crippen LogP contribution in [0.2, 0.25) is 0 Å². The van der Waals surface area contributed by atoms with Crippen molar-refractivity contribution in [1.29, 1.82) is 0 Å². The number of nitrogens with zero attached hydrogens (tertiary/aromatic N) is 2. The fraction of sp³-hybridized carbons (Fsp3) is 0.273. The van der Waals surface area contributed by atoms with E-state index < -0.39 is 0 Å². The normalized spacial score (nSPS) is 16.0. The first kappa shape index (κ1) is 20.3. The number of aryl methyl sites for hydroxylation is 1. The van der Waals surface area contributed by atoms with Crippen LogP contribution in [-0.2, 0) is 13.0 Å². The summed E-state index contributed by atoms with van der Waals surface area (Å²) in [6.45, 7) is 5.26. The average Bonchev–Trinajstić information content (AvgIpc) is 3.09. The number of pyridine rings is 1. The number of ether oxygens (including phenoxy) is 1. The number of nitrogens with one attached hydrogen (secondary N) is 1. The summed E-state index contributed by atoms with van der Waals surface area (Å²) < 4.78 is 20.0. The monoisotopic (exact) mass is 425 g/mol. The molecule has 2 aromatic heterocycles. The molecule has 3 aromatic rings. The molecule has 1 aliphatic rings. The van der Waals surface area contributed by atoms with Gasteiger partial charge in [0.05, 0.1) is 10.7 Å². The number of hydrogen-bond acceptors (Lipinski definition) is 7. The van der Waals surface area contributed by atoms with Crippen molar-refractivity contribution >= 4 is 22.9 Å². The second kappa shape index (κ2) is 8.41. The van der Waals surface area contributed by atoms with Gasteiger partial charge in [-0.2, -0.15) is 0 Å². The van der Waals surface area contributed by atoms with Crippen molar-refractivity contribution < 1.29 is 9.13 Å². The first-order valence-corrected chi connectivity index (χ1v) is 10.6. The van der Waals surface area contributed by atoms with E-state index in [-0.39, 0.29) is 18.2 Å². The summed E-state index contributed by atoms with van der Waals surface area (Å²) in [5.74, 6) is 0.406. The molecule has 5 N–H and O–H groups in total. The minimum atomic E-state index is -0.324.